The lowest BCUT2D eigenvalue weighted by molar-refractivity contribution is 0.686. The Morgan fingerprint density at radius 2 is 2.50 bits per heavy atom. The zero-order valence-electron chi connectivity index (χ0n) is 5.28. The molecule has 5 heteroatoms. The fourth-order valence-electron chi connectivity index (χ4n) is 0.880. The number of thioether (sulfide) groups is 1. The summed E-state index contributed by atoms with van der Waals surface area (Å²) in [5.74, 6) is 0.841. The molecule has 0 saturated carbocycles. The average Bonchev–Trinajstić information content (AvgIpc) is 2.15. The highest BCUT2D eigenvalue weighted by atomic mass is 32.3. The van der Waals surface area contributed by atoms with Gasteiger partial charge in [0.05, 0.1) is 4.58 Å². The molecule has 0 N–H and O–H groups in total. The highest BCUT2D eigenvalue weighted by Gasteiger charge is 2.23. The lowest BCUT2D eigenvalue weighted by atomic mass is 10.4. The Labute approximate surface area is 78.2 Å². The zero-order valence-corrected chi connectivity index (χ0v) is 8.62. The first-order valence-electron chi connectivity index (χ1n) is 2.97. The molecule has 0 aliphatic carbocycles. The largest absolute Gasteiger partial charge is 0.258 e. The van der Waals surface area contributed by atoms with Gasteiger partial charge < -0.3 is 0 Å². The Balaban J connectivity index is 2.40. The Kier molecular flexibility index (Phi) is 3.69. The van der Waals surface area contributed by atoms with Crippen LogP contribution in [-0.2, 0) is 10.8 Å². The molecule has 0 aromatic heterocycles. The van der Waals surface area contributed by atoms with Gasteiger partial charge in [0.25, 0.3) is 0 Å². The fourth-order valence-corrected chi connectivity index (χ4v) is 4.67. The number of thiol groups is 1. The summed E-state index contributed by atoms with van der Waals surface area (Å²) in [6.45, 7) is 0. The van der Waals surface area contributed by atoms with Crippen molar-refractivity contribution in [2.24, 2.45) is 0 Å². The van der Waals surface area contributed by atoms with Crippen molar-refractivity contribution >= 4 is 50.9 Å². The molecule has 2 atom stereocenters. The summed E-state index contributed by atoms with van der Waals surface area (Å²) in [7, 11) is -0.655. The standard InChI is InChI=1S/C5H8OS4/c6-10-3-1-2-4(10)9-5(7)8/h4H,1-3H2,(H,7,8). The molecule has 1 fully saturated rings. The number of thiocarbonyl (C=S) groups is 1. The molecule has 0 radical (unpaired) electrons. The average molecular weight is 212 g/mol. The third-order valence-electron chi connectivity index (χ3n) is 1.31. The number of hydrogen-bond acceptors (Lipinski definition) is 3. The third kappa shape index (κ3) is 2.53. The van der Waals surface area contributed by atoms with Crippen molar-refractivity contribution in [3.8, 4) is 0 Å². The molecule has 1 heterocycles. The van der Waals surface area contributed by atoms with Gasteiger partial charge in [-0.3, -0.25) is 4.21 Å². The summed E-state index contributed by atoms with van der Waals surface area (Å²) in [6, 6.07) is 0. The number of hydrogen-bond donors (Lipinski definition) is 1. The van der Waals surface area contributed by atoms with E-state index in [0.29, 0.717) is 3.53 Å². The third-order valence-corrected chi connectivity index (χ3v) is 5.06. The molecule has 1 nitrogen and oxygen atoms in total. The van der Waals surface area contributed by atoms with Gasteiger partial charge in [-0.05, 0) is 12.8 Å². The number of rotatable bonds is 1. The molecular weight excluding hydrogens is 204 g/mol. The molecule has 1 aliphatic heterocycles. The first-order chi connectivity index (χ1) is 4.70. The normalized spacial score (nSPS) is 32.5. The predicted octanol–water partition coefficient (Wildman–Crippen LogP) is 1.80. The molecule has 0 bridgehead atoms. The molecule has 0 aromatic carbocycles. The molecule has 10 heavy (non-hydrogen) atoms. The van der Waals surface area contributed by atoms with Gasteiger partial charge in [-0.15, -0.1) is 12.6 Å². The predicted molar refractivity (Wildman–Crippen MR) is 55.2 cm³/mol. The van der Waals surface area contributed by atoms with E-state index >= 15 is 0 Å². The maximum absolute atomic E-state index is 11.1. The van der Waals surface area contributed by atoms with E-state index in [4.69, 9.17) is 12.2 Å². The first kappa shape index (κ1) is 9.03. The quantitative estimate of drug-likeness (QED) is 0.528. The van der Waals surface area contributed by atoms with E-state index in [9.17, 15) is 4.21 Å². The zero-order chi connectivity index (χ0) is 7.56. The minimum atomic E-state index is -0.655. The smallest absolute Gasteiger partial charge is 0.102 e. The van der Waals surface area contributed by atoms with Crippen LogP contribution in [0.3, 0.4) is 0 Å². The van der Waals surface area contributed by atoms with Gasteiger partial charge in [-0.1, -0.05) is 24.0 Å². The second-order valence-corrected chi connectivity index (χ2v) is 7.01. The summed E-state index contributed by atoms with van der Waals surface area (Å²) in [5.41, 5.74) is 0. The van der Waals surface area contributed by atoms with Crippen molar-refractivity contribution < 1.29 is 4.21 Å². The summed E-state index contributed by atoms with van der Waals surface area (Å²) in [6.07, 6.45) is 2.10. The van der Waals surface area contributed by atoms with Crippen LogP contribution in [0.5, 0.6) is 0 Å². The van der Waals surface area contributed by atoms with Gasteiger partial charge >= 0.3 is 0 Å². The highest BCUT2D eigenvalue weighted by Crippen LogP contribution is 2.28. The molecule has 2 unspecified atom stereocenters. The Hall–Kier alpha value is 0.940. The molecule has 1 aliphatic rings. The monoisotopic (exact) mass is 212 g/mol. The van der Waals surface area contributed by atoms with E-state index < -0.39 is 10.8 Å². The van der Waals surface area contributed by atoms with E-state index in [1.54, 1.807) is 0 Å². The second-order valence-electron chi connectivity index (χ2n) is 2.04. The van der Waals surface area contributed by atoms with E-state index in [1.165, 1.54) is 11.8 Å². The van der Waals surface area contributed by atoms with Gasteiger partial charge in [0.2, 0.25) is 0 Å². The second kappa shape index (κ2) is 4.09. The van der Waals surface area contributed by atoms with Gasteiger partial charge in [0.1, 0.15) is 3.53 Å². The Morgan fingerprint density at radius 1 is 1.80 bits per heavy atom. The van der Waals surface area contributed by atoms with Gasteiger partial charge in [-0.25, -0.2) is 0 Å². The van der Waals surface area contributed by atoms with Crippen molar-refractivity contribution in [2.45, 2.75) is 17.4 Å². The molecule has 58 valence electrons. The Morgan fingerprint density at radius 3 is 2.90 bits per heavy atom. The van der Waals surface area contributed by atoms with Crippen LogP contribution in [-0.4, -0.2) is 18.1 Å². The van der Waals surface area contributed by atoms with Crippen molar-refractivity contribution in [2.75, 3.05) is 5.75 Å². The first-order valence-corrected chi connectivity index (χ1v) is 6.08. The van der Waals surface area contributed by atoms with Crippen molar-refractivity contribution in [3.63, 3.8) is 0 Å². The van der Waals surface area contributed by atoms with Gasteiger partial charge in [-0.2, -0.15) is 0 Å². The van der Waals surface area contributed by atoms with Crippen LogP contribution in [0.15, 0.2) is 0 Å². The highest BCUT2D eigenvalue weighted by molar-refractivity contribution is 8.44. The van der Waals surface area contributed by atoms with Crippen LogP contribution in [0.4, 0.5) is 0 Å². The summed E-state index contributed by atoms with van der Waals surface area (Å²) >= 11 is 10.2. The van der Waals surface area contributed by atoms with Crippen molar-refractivity contribution in [1.29, 1.82) is 0 Å². The maximum atomic E-state index is 11.1. The topological polar surface area (TPSA) is 17.1 Å². The van der Waals surface area contributed by atoms with Crippen molar-refractivity contribution in [1.82, 2.24) is 0 Å². The molecule has 0 amide bonds. The summed E-state index contributed by atoms with van der Waals surface area (Å²) in [4.78, 5) is 0. The van der Waals surface area contributed by atoms with Crippen LogP contribution >= 0.6 is 36.6 Å². The van der Waals surface area contributed by atoms with Crippen LogP contribution < -0.4 is 0 Å². The van der Waals surface area contributed by atoms with E-state index in [0.717, 1.165) is 18.6 Å². The summed E-state index contributed by atoms with van der Waals surface area (Å²) in [5, 5.41) is 0. The van der Waals surface area contributed by atoms with E-state index in [2.05, 4.69) is 12.6 Å². The lowest BCUT2D eigenvalue weighted by Crippen LogP contribution is -2.04. The van der Waals surface area contributed by atoms with E-state index in [-0.39, 0.29) is 4.58 Å². The molecule has 1 rings (SSSR count). The molecule has 0 spiro atoms. The van der Waals surface area contributed by atoms with Crippen molar-refractivity contribution in [3.05, 3.63) is 0 Å². The lowest BCUT2D eigenvalue weighted by Gasteiger charge is -2.03. The molecular formula is C5H8OS4. The van der Waals surface area contributed by atoms with Crippen LogP contribution in [0, 0.1) is 0 Å². The summed E-state index contributed by atoms with van der Waals surface area (Å²) < 4.78 is 11.9. The van der Waals surface area contributed by atoms with Crippen LogP contribution in [0.1, 0.15) is 12.8 Å². The Bertz CT molecular complexity index is 167. The van der Waals surface area contributed by atoms with Gasteiger partial charge in [0.15, 0.2) is 0 Å². The minimum absolute atomic E-state index is 0.227. The van der Waals surface area contributed by atoms with Crippen LogP contribution in [0.25, 0.3) is 0 Å². The SMILES string of the molecule is O=S1CCCC1SC(=S)S. The minimum Gasteiger partial charge on any atom is -0.258 e. The van der Waals surface area contributed by atoms with E-state index in [1.807, 2.05) is 0 Å². The molecule has 1 saturated heterocycles. The molecule has 0 aromatic rings. The van der Waals surface area contributed by atoms with Gasteiger partial charge in [0, 0.05) is 16.6 Å². The maximum Gasteiger partial charge on any atom is 0.102 e. The van der Waals surface area contributed by atoms with Crippen LogP contribution in [0.2, 0.25) is 0 Å². The fraction of sp³-hybridized carbons (Fsp3) is 0.800.